The molecule has 0 spiro atoms. The zero-order valence-electron chi connectivity index (χ0n) is 11.0. The molecule has 0 aromatic rings. The Morgan fingerprint density at radius 3 is 2.12 bits per heavy atom. The summed E-state index contributed by atoms with van der Waals surface area (Å²) in [5, 5.41) is 11.6. The Morgan fingerprint density at radius 1 is 1.24 bits per heavy atom. The first-order chi connectivity index (χ1) is 7.81. The third kappa shape index (κ3) is 4.99. The van der Waals surface area contributed by atoms with Crippen LogP contribution in [0.5, 0.6) is 0 Å². The molecule has 0 bridgehead atoms. The molecule has 0 radical (unpaired) electrons. The molecule has 1 amide bonds. The number of hydrogen-bond donors (Lipinski definition) is 2. The lowest BCUT2D eigenvalue weighted by atomic mass is 10.0. The van der Waals surface area contributed by atoms with Crippen molar-refractivity contribution in [3.8, 4) is 0 Å². The molecule has 0 aliphatic rings. The van der Waals surface area contributed by atoms with E-state index in [4.69, 9.17) is 9.84 Å². The number of ether oxygens (including phenoxy) is 1. The van der Waals surface area contributed by atoms with Crippen molar-refractivity contribution in [1.82, 2.24) is 5.32 Å². The third-order valence-electron chi connectivity index (χ3n) is 2.69. The molecule has 1 unspecified atom stereocenters. The SMILES string of the molecule is COCC(NC(=O)C(C)=C(C)C(=O)O)C(C)C. The Morgan fingerprint density at radius 2 is 1.76 bits per heavy atom. The van der Waals surface area contributed by atoms with Gasteiger partial charge in [-0.25, -0.2) is 4.79 Å². The average Bonchev–Trinajstić information content (AvgIpc) is 2.25. The standard InChI is InChI=1S/C12H21NO4/c1-7(2)10(6-17-5)13-11(14)8(3)9(4)12(15)16/h7,10H,6H2,1-5H3,(H,13,14)(H,15,16). The molecule has 0 aromatic carbocycles. The topological polar surface area (TPSA) is 75.6 Å². The predicted molar refractivity (Wildman–Crippen MR) is 64.7 cm³/mol. The van der Waals surface area contributed by atoms with E-state index in [1.54, 1.807) is 7.11 Å². The van der Waals surface area contributed by atoms with Gasteiger partial charge in [0.15, 0.2) is 0 Å². The van der Waals surface area contributed by atoms with Crippen molar-refractivity contribution in [1.29, 1.82) is 0 Å². The first-order valence-electron chi connectivity index (χ1n) is 5.51. The fourth-order valence-electron chi connectivity index (χ4n) is 1.19. The number of carbonyl (C=O) groups is 2. The molecule has 0 aliphatic carbocycles. The lowest BCUT2D eigenvalue weighted by Gasteiger charge is -2.21. The number of methoxy groups -OCH3 is 1. The quantitative estimate of drug-likeness (QED) is 0.687. The van der Waals surface area contributed by atoms with Crippen LogP contribution in [0.3, 0.4) is 0 Å². The van der Waals surface area contributed by atoms with Gasteiger partial charge in [0.1, 0.15) is 0 Å². The van der Waals surface area contributed by atoms with E-state index in [2.05, 4.69) is 5.32 Å². The maximum atomic E-state index is 11.8. The molecule has 5 heteroatoms. The predicted octanol–water partition coefficient (Wildman–Crippen LogP) is 1.19. The summed E-state index contributed by atoms with van der Waals surface area (Å²) >= 11 is 0. The van der Waals surface area contributed by atoms with Crippen LogP contribution < -0.4 is 5.32 Å². The van der Waals surface area contributed by atoms with E-state index in [1.807, 2.05) is 13.8 Å². The number of carbonyl (C=O) groups excluding carboxylic acids is 1. The van der Waals surface area contributed by atoms with Crippen molar-refractivity contribution in [3.63, 3.8) is 0 Å². The van der Waals surface area contributed by atoms with Crippen LogP contribution in [-0.4, -0.2) is 36.7 Å². The van der Waals surface area contributed by atoms with E-state index in [9.17, 15) is 9.59 Å². The summed E-state index contributed by atoms with van der Waals surface area (Å²) in [6.07, 6.45) is 0. The molecule has 2 N–H and O–H groups in total. The van der Waals surface area contributed by atoms with Gasteiger partial charge in [0.2, 0.25) is 5.91 Å². The van der Waals surface area contributed by atoms with E-state index < -0.39 is 5.97 Å². The highest BCUT2D eigenvalue weighted by Gasteiger charge is 2.19. The summed E-state index contributed by atoms with van der Waals surface area (Å²) in [6.45, 7) is 7.25. The Hall–Kier alpha value is -1.36. The van der Waals surface area contributed by atoms with Gasteiger partial charge < -0.3 is 15.2 Å². The molecule has 5 nitrogen and oxygen atoms in total. The van der Waals surface area contributed by atoms with Gasteiger partial charge in [0.25, 0.3) is 0 Å². The van der Waals surface area contributed by atoms with Gasteiger partial charge >= 0.3 is 5.97 Å². The van der Waals surface area contributed by atoms with Crippen LogP contribution in [0, 0.1) is 5.92 Å². The molecule has 0 aromatic heterocycles. The van der Waals surface area contributed by atoms with Gasteiger partial charge in [-0.3, -0.25) is 4.79 Å². The number of carboxylic acid groups (broad SMARTS) is 1. The molecule has 0 aliphatic heterocycles. The highest BCUT2D eigenvalue weighted by Crippen LogP contribution is 2.07. The van der Waals surface area contributed by atoms with Crippen molar-refractivity contribution in [3.05, 3.63) is 11.1 Å². The van der Waals surface area contributed by atoms with Crippen molar-refractivity contribution in [2.24, 2.45) is 5.92 Å². The minimum atomic E-state index is -1.08. The van der Waals surface area contributed by atoms with Crippen LogP contribution in [0.2, 0.25) is 0 Å². The van der Waals surface area contributed by atoms with Gasteiger partial charge in [0.05, 0.1) is 12.6 Å². The fraction of sp³-hybridized carbons (Fsp3) is 0.667. The summed E-state index contributed by atoms with van der Waals surface area (Å²) in [5.41, 5.74) is 0.279. The Balaban J connectivity index is 4.73. The van der Waals surface area contributed by atoms with Gasteiger partial charge in [-0.1, -0.05) is 13.8 Å². The highest BCUT2D eigenvalue weighted by molar-refractivity contribution is 6.01. The molecule has 98 valence electrons. The number of nitrogens with one attached hydrogen (secondary N) is 1. The van der Waals surface area contributed by atoms with E-state index in [1.165, 1.54) is 13.8 Å². The van der Waals surface area contributed by atoms with Crippen LogP contribution in [0.4, 0.5) is 0 Å². The first kappa shape index (κ1) is 15.6. The van der Waals surface area contributed by atoms with Gasteiger partial charge in [0, 0.05) is 18.3 Å². The van der Waals surface area contributed by atoms with Gasteiger partial charge in [-0.15, -0.1) is 0 Å². The first-order valence-corrected chi connectivity index (χ1v) is 5.51. The van der Waals surface area contributed by atoms with Crippen LogP contribution in [-0.2, 0) is 14.3 Å². The Bertz CT molecular complexity index is 320. The second-order valence-corrected chi connectivity index (χ2v) is 4.33. The molecule has 0 saturated carbocycles. The molecule has 0 heterocycles. The van der Waals surface area contributed by atoms with Gasteiger partial charge in [-0.2, -0.15) is 0 Å². The van der Waals surface area contributed by atoms with E-state index in [0.29, 0.717) is 6.61 Å². The number of carboxylic acids is 1. The van der Waals surface area contributed by atoms with E-state index in [-0.39, 0.29) is 29.0 Å². The second-order valence-electron chi connectivity index (χ2n) is 4.33. The summed E-state index contributed by atoms with van der Waals surface area (Å²) in [5.74, 6) is -1.22. The Kier molecular flexibility index (Phi) is 6.50. The van der Waals surface area contributed by atoms with Crippen molar-refractivity contribution >= 4 is 11.9 Å². The molecule has 17 heavy (non-hydrogen) atoms. The zero-order chi connectivity index (χ0) is 13.6. The minimum absolute atomic E-state index is 0.0578. The molecular weight excluding hydrogens is 222 g/mol. The summed E-state index contributed by atoms with van der Waals surface area (Å²) in [4.78, 5) is 22.5. The number of rotatable bonds is 6. The van der Waals surface area contributed by atoms with Crippen molar-refractivity contribution in [2.45, 2.75) is 33.7 Å². The summed E-state index contributed by atoms with van der Waals surface area (Å²) in [7, 11) is 1.56. The molecular formula is C12H21NO4. The average molecular weight is 243 g/mol. The highest BCUT2D eigenvalue weighted by atomic mass is 16.5. The van der Waals surface area contributed by atoms with E-state index >= 15 is 0 Å². The second kappa shape index (κ2) is 7.06. The largest absolute Gasteiger partial charge is 0.478 e. The maximum absolute atomic E-state index is 11.8. The van der Waals surface area contributed by atoms with Crippen molar-refractivity contribution in [2.75, 3.05) is 13.7 Å². The number of amides is 1. The fourth-order valence-corrected chi connectivity index (χ4v) is 1.19. The lowest BCUT2D eigenvalue weighted by Crippen LogP contribution is -2.42. The van der Waals surface area contributed by atoms with Gasteiger partial charge in [-0.05, 0) is 19.8 Å². The van der Waals surface area contributed by atoms with Crippen LogP contribution in [0.25, 0.3) is 0 Å². The Labute approximate surface area is 102 Å². The van der Waals surface area contributed by atoms with E-state index in [0.717, 1.165) is 0 Å². The third-order valence-corrected chi connectivity index (χ3v) is 2.69. The summed E-state index contributed by atoms with van der Waals surface area (Å²) < 4.78 is 5.01. The van der Waals surface area contributed by atoms with Crippen molar-refractivity contribution < 1.29 is 19.4 Å². The number of hydrogen-bond acceptors (Lipinski definition) is 3. The smallest absolute Gasteiger partial charge is 0.331 e. The lowest BCUT2D eigenvalue weighted by molar-refractivity contribution is -0.133. The normalized spacial score (nSPS) is 14.2. The molecule has 0 rings (SSSR count). The summed E-state index contributed by atoms with van der Waals surface area (Å²) in [6, 6.07) is -0.121. The molecule has 1 atom stereocenters. The molecule has 0 fully saturated rings. The zero-order valence-corrected chi connectivity index (χ0v) is 11.0. The maximum Gasteiger partial charge on any atom is 0.331 e. The minimum Gasteiger partial charge on any atom is -0.478 e. The van der Waals surface area contributed by atoms with Crippen LogP contribution >= 0.6 is 0 Å². The van der Waals surface area contributed by atoms with Crippen LogP contribution in [0.1, 0.15) is 27.7 Å². The number of aliphatic carboxylic acids is 1. The van der Waals surface area contributed by atoms with Crippen LogP contribution in [0.15, 0.2) is 11.1 Å². The molecule has 0 saturated heterocycles. The monoisotopic (exact) mass is 243 g/mol.